The zero-order valence-corrected chi connectivity index (χ0v) is 10.6. The molecule has 0 unspecified atom stereocenters. The molecule has 0 aromatic carbocycles. The fourth-order valence-electron chi connectivity index (χ4n) is 1.22. The van der Waals surface area contributed by atoms with E-state index in [2.05, 4.69) is 22.2 Å². The molecule has 74 valence electrons. The van der Waals surface area contributed by atoms with E-state index >= 15 is 0 Å². The molecule has 0 rings (SSSR count). The molecule has 0 nitrogen and oxygen atoms in total. The summed E-state index contributed by atoms with van der Waals surface area (Å²) in [5, 5.41) is 1.18. The minimum absolute atomic E-state index is 1.18. The van der Waals surface area contributed by atoms with Crippen LogP contribution in [0.15, 0.2) is 0 Å². The van der Waals surface area contributed by atoms with Gasteiger partial charge in [0.1, 0.15) is 0 Å². The summed E-state index contributed by atoms with van der Waals surface area (Å²) in [7, 11) is 0. The van der Waals surface area contributed by atoms with Crippen LogP contribution >= 0.6 is 27.7 Å². The average Bonchev–Trinajstić information content (AvgIpc) is 2.10. The van der Waals surface area contributed by atoms with E-state index in [1.54, 1.807) is 0 Å². The minimum atomic E-state index is 1.18. The average molecular weight is 253 g/mol. The molecule has 0 amide bonds. The van der Waals surface area contributed by atoms with Crippen LogP contribution in [0, 0.1) is 0 Å². The van der Waals surface area contributed by atoms with E-state index in [-0.39, 0.29) is 0 Å². The lowest BCUT2D eigenvalue weighted by Gasteiger charge is -1.99. The van der Waals surface area contributed by atoms with Crippen molar-refractivity contribution in [3.8, 4) is 0 Å². The number of hydrogen-bond donors (Lipinski definition) is 0. The molecule has 0 heterocycles. The van der Waals surface area contributed by atoms with Crippen molar-refractivity contribution in [2.45, 2.75) is 44.9 Å². The molecule has 2 heteroatoms. The summed E-state index contributed by atoms with van der Waals surface area (Å²) in [4.78, 5) is 0. The van der Waals surface area contributed by atoms with E-state index in [1.807, 2.05) is 11.8 Å². The van der Waals surface area contributed by atoms with E-state index in [4.69, 9.17) is 0 Å². The van der Waals surface area contributed by atoms with Crippen LogP contribution in [0.5, 0.6) is 0 Å². The number of halogens is 1. The van der Waals surface area contributed by atoms with Crippen molar-refractivity contribution in [2.75, 3.05) is 17.3 Å². The summed E-state index contributed by atoms with van der Waals surface area (Å²) in [5.41, 5.74) is 0. The predicted molar refractivity (Wildman–Crippen MR) is 64.5 cm³/mol. The summed E-state index contributed by atoms with van der Waals surface area (Å²) in [6.07, 6.45) is 12.1. The Morgan fingerprint density at radius 2 is 1.33 bits per heavy atom. The highest BCUT2D eigenvalue weighted by Gasteiger charge is 1.90. The van der Waals surface area contributed by atoms with E-state index < -0.39 is 0 Å². The third-order valence-corrected chi connectivity index (χ3v) is 3.24. The van der Waals surface area contributed by atoms with Gasteiger partial charge in [0.2, 0.25) is 0 Å². The highest BCUT2D eigenvalue weighted by Crippen LogP contribution is 2.09. The Bertz CT molecular complexity index is 66.2. The van der Waals surface area contributed by atoms with Crippen LogP contribution in [0.4, 0.5) is 0 Å². The molecule has 0 aromatic rings. The van der Waals surface area contributed by atoms with E-state index in [9.17, 15) is 0 Å². The second-order valence-electron chi connectivity index (χ2n) is 3.16. The maximum Gasteiger partial charge on any atom is 0.00313 e. The molecule has 0 radical (unpaired) electrons. The van der Waals surface area contributed by atoms with Gasteiger partial charge in [-0.3, -0.25) is 0 Å². The summed E-state index contributed by atoms with van der Waals surface area (Å²) < 4.78 is 0. The molecule has 0 spiro atoms. The molecule has 0 aliphatic carbocycles. The fraction of sp³-hybridized carbons (Fsp3) is 1.00. The lowest BCUT2D eigenvalue weighted by atomic mass is 10.1. The van der Waals surface area contributed by atoms with Gasteiger partial charge < -0.3 is 0 Å². The van der Waals surface area contributed by atoms with Gasteiger partial charge in [-0.15, -0.1) is 0 Å². The number of hydrogen-bond acceptors (Lipinski definition) is 1. The van der Waals surface area contributed by atoms with Gasteiger partial charge in [0.05, 0.1) is 0 Å². The van der Waals surface area contributed by atoms with Crippen molar-refractivity contribution in [2.24, 2.45) is 0 Å². The molecular formula is C10H21BrS. The van der Waals surface area contributed by atoms with Gasteiger partial charge in [-0.05, 0) is 24.9 Å². The molecule has 0 N–H and O–H groups in total. The van der Waals surface area contributed by atoms with Crippen LogP contribution in [0.25, 0.3) is 0 Å². The third kappa shape index (κ3) is 10.8. The predicted octanol–water partition coefficient (Wildman–Crippen LogP) is 4.48. The summed E-state index contributed by atoms with van der Waals surface area (Å²) >= 11 is 5.42. The highest BCUT2D eigenvalue weighted by atomic mass is 79.9. The van der Waals surface area contributed by atoms with Gasteiger partial charge in [0.25, 0.3) is 0 Å². The second-order valence-corrected chi connectivity index (χ2v) is 4.94. The zero-order valence-electron chi connectivity index (χ0n) is 8.15. The maximum absolute atomic E-state index is 3.45. The van der Waals surface area contributed by atoms with Gasteiger partial charge in [-0.25, -0.2) is 0 Å². The van der Waals surface area contributed by atoms with Crippen LogP contribution in [0.1, 0.15) is 44.9 Å². The number of thioether (sulfide) groups is 1. The fourth-order valence-corrected chi connectivity index (χ4v) is 2.11. The van der Waals surface area contributed by atoms with Crippen molar-refractivity contribution in [1.29, 1.82) is 0 Å². The lowest BCUT2D eigenvalue weighted by molar-refractivity contribution is 0.606. The van der Waals surface area contributed by atoms with Crippen LogP contribution in [-0.4, -0.2) is 17.3 Å². The van der Waals surface area contributed by atoms with Gasteiger partial charge in [0, 0.05) is 5.33 Å². The summed E-state index contributed by atoms with van der Waals surface area (Å²) in [5.74, 6) is 1.35. The summed E-state index contributed by atoms with van der Waals surface area (Å²) in [6, 6.07) is 0. The van der Waals surface area contributed by atoms with Crippen LogP contribution in [0.3, 0.4) is 0 Å². The van der Waals surface area contributed by atoms with E-state index in [0.29, 0.717) is 0 Å². The Balaban J connectivity index is 2.73. The Kier molecular flexibility index (Phi) is 12.6. The van der Waals surface area contributed by atoms with Crippen molar-refractivity contribution in [3.05, 3.63) is 0 Å². The molecule has 12 heavy (non-hydrogen) atoms. The van der Waals surface area contributed by atoms with Gasteiger partial charge in [-0.2, -0.15) is 11.8 Å². The quantitative estimate of drug-likeness (QED) is 0.431. The molecule has 0 fully saturated rings. The first-order chi connectivity index (χ1) is 5.91. The van der Waals surface area contributed by atoms with E-state index in [0.717, 1.165) is 0 Å². The second kappa shape index (κ2) is 11.8. The largest absolute Gasteiger partial charge is 0.165 e. The lowest BCUT2D eigenvalue weighted by Crippen LogP contribution is -1.82. The van der Waals surface area contributed by atoms with Crippen LogP contribution < -0.4 is 0 Å². The maximum atomic E-state index is 3.45. The van der Waals surface area contributed by atoms with Crippen LogP contribution in [-0.2, 0) is 0 Å². The standard InChI is InChI=1S/C10H21BrS/c1-12-10-8-6-4-2-3-5-7-9-11/h2-10H2,1H3. The molecule has 0 aliphatic rings. The third-order valence-electron chi connectivity index (χ3n) is 1.98. The molecule has 0 aliphatic heterocycles. The van der Waals surface area contributed by atoms with Gasteiger partial charge in [-0.1, -0.05) is 48.0 Å². The molecule has 0 aromatic heterocycles. The Hall–Kier alpha value is 0.830. The molecular weight excluding hydrogens is 232 g/mol. The number of unbranched alkanes of at least 4 members (excludes halogenated alkanes) is 6. The molecule has 0 saturated carbocycles. The normalized spacial score (nSPS) is 10.5. The molecule has 0 saturated heterocycles. The van der Waals surface area contributed by atoms with Crippen molar-refractivity contribution < 1.29 is 0 Å². The summed E-state index contributed by atoms with van der Waals surface area (Å²) in [6.45, 7) is 0. The molecule has 0 atom stereocenters. The monoisotopic (exact) mass is 252 g/mol. The van der Waals surface area contributed by atoms with Crippen molar-refractivity contribution >= 4 is 27.7 Å². The first kappa shape index (κ1) is 12.8. The Morgan fingerprint density at radius 1 is 0.833 bits per heavy atom. The number of rotatable bonds is 9. The first-order valence-corrected chi connectivity index (χ1v) is 7.48. The highest BCUT2D eigenvalue weighted by molar-refractivity contribution is 9.09. The van der Waals surface area contributed by atoms with Gasteiger partial charge in [0.15, 0.2) is 0 Å². The Morgan fingerprint density at radius 3 is 1.83 bits per heavy atom. The zero-order chi connectivity index (χ0) is 9.07. The SMILES string of the molecule is CSCCCCCCCCCBr. The Labute approximate surface area is 90.0 Å². The van der Waals surface area contributed by atoms with Crippen LogP contribution in [0.2, 0.25) is 0 Å². The number of alkyl halides is 1. The first-order valence-electron chi connectivity index (χ1n) is 4.96. The van der Waals surface area contributed by atoms with Gasteiger partial charge >= 0.3 is 0 Å². The minimum Gasteiger partial charge on any atom is -0.165 e. The van der Waals surface area contributed by atoms with Crippen molar-refractivity contribution in [3.63, 3.8) is 0 Å². The topological polar surface area (TPSA) is 0 Å². The van der Waals surface area contributed by atoms with E-state index in [1.165, 1.54) is 56.0 Å². The van der Waals surface area contributed by atoms with Crippen molar-refractivity contribution in [1.82, 2.24) is 0 Å². The molecule has 0 bridgehead atoms. The smallest absolute Gasteiger partial charge is 0.00313 e.